The Bertz CT molecular complexity index is 2140. The van der Waals surface area contributed by atoms with E-state index in [1.807, 2.05) is 42.5 Å². The highest BCUT2D eigenvalue weighted by molar-refractivity contribution is 7.99. The minimum Gasteiger partial charge on any atom is -0.508 e. The van der Waals surface area contributed by atoms with Crippen LogP contribution < -0.4 is 4.72 Å². The number of hydrogen-bond acceptors (Lipinski definition) is 11. The number of aliphatic hydroxyl groups is 1. The van der Waals surface area contributed by atoms with Crippen LogP contribution in [0.4, 0.5) is 5.69 Å². The van der Waals surface area contributed by atoms with Gasteiger partial charge in [0.2, 0.25) is 5.16 Å². The van der Waals surface area contributed by atoms with Gasteiger partial charge in [0.25, 0.3) is 10.0 Å². The molecule has 7 rings (SSSR count). The third-order valence-corrected chi connectivity index (χ3v) is 10.3. The molecule has 3 N–H and O–H groups in total. The van der Waals surface area contributed by atoms with Gasteiger partial charge in [0, 0.05) is 35.0 Å². The number of phenolic OH excluding ortho intramolecular Hbond substituents is 1. The summed E-state index contributed by atoms with van der Waals surface area (Å²) in [7, 11) is -3.97. The van der Waals surface area contributed by atoms with Gasteiger partial charge in [-0.25, -0.2) is 8.42 Å². The molecular weight excluding hydrogens is 653 g/mol. The molecule has 14 heteroatoms. The third-order valence-electron chi connectivity index (χ3n) is 7.84. The van der Waals surface area contributed by atoms with Gasteiger partial charge < -0.3 is 19.7 Å². The second-order valence-electron chi connectivity index (χ2n) is 11.1. The molecule has 0 bridgehead atoms. The van der Waals surface area contributed by atoms with E-state index in [2.05, 4.69) is 25.2 Å². The van der Waals surface area contributed by atoms with Gasteiger partial charge in [0.1, 0.15) is 10.6 Å². The number of benzene rings is 4. The largest absolute Gasteiger partial charge is 0.508 e. The lowest BCUT2D eigenvalue weighted by molar-refractivity contribution is -0.245. The van der Waals surface area contributed by atoms with Crippen molar-refractivity contribution in [1.82, 2.24) is 25.2 Å². The summed E-state index contributed by atoms with van der Waals surface area (Å²) in [6, 6.07) is 29.7. The lowest BCUT2D eigenvalue weighted by Crippen LogP contribution is -2.31. The average Bonchev–Trinajstić information content (AvgIpc) is 3.59. The van der Waals surface area contributed by atoms with E-state index in [9.17, 15) is 18.6 Å². The maximum absolute atomic E-state index is 13.5. The number of thioether (sulfide) groups is 1. The summed E-state index contributed by atoms with van der Waals surface area (Å²) in [5, 5.41) is 32.6. The van der Waals surface area contributed by atoms with Crippen molar-refractivity contribution in [2.45, 2.75) is 41.6 Å². The Kier molecular flexibility index (Phi) is 9.06. The van der Waals surface area contributed by atoms with E-state index in [1.165, 1.54) is 17.8 Å². The van der Waals surface area contributed by atoms with Crippen LogP contribution in [0.25, 0.3) is 16.6 Å². The number of anilines is 1. The fraction of sp³-hybridized carbons (Fsp3) is 0.176. The van der Waals surface area contributed by atoms with Gasteiger partial charge in [-0.2, -0.15) is 4.68 Å². The molecule has 1 aliphatic heterocycles. The number of para-hydroxylation sites is 1. The number of aliphatic hydroxyl groups excluding tert-OH is 1. The van der Waals surface area contributed by atoms with E-state index in [-0.39, 0.29) is 29.5 Å². The molecule has 244 valence electrons. The van der Waals surface area contributed by atoms with Crippen LogP contribution in [0, 0.1) is 0 Å². The van der Waals surface area contributed by atoms with E-state index in [4.69, 9.17) is 9.47 Å². The zero-order valence-corrected chi connectivity index (χ0v) is 27.0. The number of aromatic hydroxyl groups is 1. The molecule has 1 aliphatic rings. The Morgan fingerprint density at radius 3 is 2.52 bits per heavy atom. The van der Waals surface area contributed by atoms with E-state index in [0.717, 1.165) is 16.5 Å². The summed E-state index contributed by atoms with van der Waals surface area (Å²) in [5.41, 5.74) is 3.77. The fourth-order valence-corrected chi connectivity index (χ4v) is 7.61. The monoisotopic (exact) mass is 682 g/mol. The van der Waals surface area contributed by atoms with E-state index in [1.54, 1.807) is 65.5 Å². The van der Waals surface area contributed by atoms with Crippen molar-refractivity contribution in [1.29, 1.82) is 0 Å². The normalized spacial score (nSPS) is 18.1. The number of rotatable bonds is 10. The summed E-state index contributed by atoms with van der Waals surface area (Å²) in [6.07, 6.45) is 0.628. The van der Waals surface area contributed by atoms with E-state index < -0.39 is 16.3 Å². The van der Waals surface area contributed by atoms with Gasteiger partial charge in [-0.05, 0) is 70.1 Å². The smallest absolute Gasteiger partial charge is 0.264 e. The molecule has 0 aliphatic carbocycles. The quantitative estimate of drug-likeness (QED) is 0.155. The predicted molar refractivity (Wildman–Crippen MR) is 179 cm³/mol. The zero-order chi connectivity index (χ0) is 33.1. The first-order valence-electron chi connectivity index (χ1n) is 15.0. The summed E-state index contributed by atoms with van der Waals surface area (Å²) in [6.45, 7) is -0.0654. The molecular formula is C34H30N6O6S2. The van der Waals surface area contributed by atoms with E-state index in [0.29, 0.717) is 39.8 Å². The molecule has 0 amide bonds. The molecule has 12 nitrogen and oxygen atoms in total. The van der Waals surface area contributed by atoms with Crippen LogP contribution in [0.3, 0.4) is 0 Å². The van der Waals surface area contributed by atoms with E-state index >= 15 is 0 Å². The topological polar surface area (TPSA) is 162 Å². The van der Waals surface area contributed by atoms with Gasteiger partial charge in [0.15, 0.2) is 6.29 Å². The van der Waals surface area contributed by atoms with Crippen molar-refractivity contribution >= 4 is 38.4 Å². The number of phenols is 1. The Morgan fingerprint density at radius 1 is 0.917 bits per heavy atom. The highest BCUT2D eigenvalue weighted by atomic mass is 32.2. The number of tetrazole rings is 1. The number of hydrogen-bond donors (Lipinski definition) is 3. The number of aromatic nitrogens is 5. The number of sulfonamides is 1. The molecule has 0 saturated carbocycles. The minimum absolute atomic E-state index is 0.0654. The molecule has 3 unspecified atom stereocenters. The number of nitrogens with one attached hydrogen (secondary N) is 1. The molecule has 6 aromatic rings. The standard InChI is InChI=1S/C34H30N6O6S2/c41-20-22-9-11-23(12-10-22)30-19-29(21-47-34-36-38-39-40(34)27-13-15-28(42)16-14-27)45-33(46-30)25-5-1-7-26(18-25)37-48(43,44)31-8-2-4-24-6-3-17-35-32(24)31/h1-18,29-30,33,37,41-42H,19-21H2. The first-order valence-corrected chi connectivity index (χ1v) is 17.5. The summed E-state index contributed by atoms with van der Waals surface area (Å²) < 4.78 is 44.3. The van der Waals surface area contributed by atoms with Crippen LogP contribution in [0.15, 0.2) is 119 Å². The van der Waals surface area contributed by atoms with Gasteiger partial charge in [-0.15, -0.1) is 5.10 Å². The van der Waals surface area contributed by atoms with Crippen LogP contribution in [-0.2, 0) is 26.1 Å². The summed E-state index contributed by atoms with van der Waals surface area (Å²) in [4.78, 5) is 4.38. The molecule has 0 spiro atoms. The molecule has 2 aromatic heterocycles. The maximum atomic E-state index is 13.5. The second-order valence-corrected chi connectivity index (χ2v) is 13.8. The van der Waals surface area contributed by atoms with Gasteiger partial charge in [-0.1, -0.05) is 66.4 Å². The number of nitrogens with zero attached hydrogens (tertiary/aromatic N) is 5. The number of fused-ring (bicyclic) bond motifs is 1. The molecule has 48 heavy (non-hydrogen) atoms. The Hall–Kier alpha value is -4.86. The van der Waals surface area contributed by atoms with Crippen molar-refractivity contribution in [3.63, 3.8) is 0 Å². The third kappa shape index (κ3) is 6.88. The van der Waals surface area contributed by atoms with Gasteiger partial charge in [0.05, 0.1) is 30.0 Å². The predicted octanol–water partition coefficient (Wildman–Crippen LogP) is 5.55. The van der Waals surface area contributed by atoms with Crippen molar-refractivity contribution < 1.29 is 28.1 Å². The molecule has 3 heterocycles. The van der Waals surface area contributed by atoms with Gasteiger partial charge >= 0.3 is 0 Å². The Morgan fingerprint density at radius 2 is 1.71 bits per heavy atom. The highest BCUT2D eigenvalue weighted by Gasteiger charge is 2.33. The second kappa shape index (κ2) is 13.7. The molecule has 0 radical (unpaired) electrons. The lowest BCUT2D eigenvalue weighted by atomic mass is 10.0. The van der Waals surface area contributed by atoms with Crippen LogP contribution in [0.2, 0.25) is 0 Å². The number of pyridine rings is 1. The van der Waals surface area contributed by atoms with Crippen molar-refractivity contribution in [3.8, 4) is 11.4 Å². The summed E-state index contributed by atoms with van der Waals surface area (Å²) >= 11 is 1.42. The lowest BCUT2D eigenvalue weighted by Gasteiger charge is -2.36. The fourth-order valence-electron chi connectivity index (χ4n) is 5.47. The number of ether oxygens (including phenoxy) is 2. The SMILES string of the molecule is O=S(=O)(Nc1cccc(C2OC(CSc3nnnn3-c3ccc(O)cc3)CC(c3ccc(CO)cc3)O2)c1)c1cccc2cccnc12. The van der Waals surface area contributed by atoms with Crippen LogP contribution in [0.1, 0.15) is 35.5 Å². The van der Waals surface area contributed by atoms with Crippen LogP contribution in [-0.4, -0.2) is 55.7 Å². The van der Waals surface area contributed by atoms with Crippen LogP contribution in [0.5, 0.6) is 5.75 Å². The molecule has 3 atom stereocenters. The first kappa shape index (κ1) is 31.7. The van der Waals surface area contributed by atoms with Crippen molar-refractivity contribution in [2.75, 3.05) is 10.5 Å². The first-order chi connectivity index (χ1) is 23.4. The average molecular weight is 683 g/mol. The maximum Gasteiger partial charge on any atom is 0.264 e. The Balaban J connectivity index is 1.14. The molecule has 1 fully saturated rings. The Labute approximate surface area is 280 Å². The highest BCUT2D eigenvalue weighted by Crippen LogP contribution is 2.40. The molecule has 4 aromatic carbocycles. The van der Waals surface area contributed by atoms with Crippen molar-refractivity contribution in [3.05, 3.63) is 126 Å². The van der Waals surface area contributed by atoms with Crippen LogP contribution >= 0.6 is 11.8 Å². The molecule has 1 saturated heterocycles. The zero-order valence-electron chi connectivity index (χ0n) is 25.3. The van der Waals surface area contributed by atoms with Gasteiger partial charge in [-0.3, -0.25) is 9.71 Å². The van der Waals surface area contributed by atoms with Crippen molar-refractivity contribution in [2.24, 2.45) is 0 Å². The summed E-state index contributed by atoms with van der Waals surface area (Å²) in [5.74, 6) is 0.632. The minimum atomic E-state index is -3.97.